The zero-order valence-electron chi connectivity index (χ0n) is 10.7. The van der Waals surface area contributed by atoms with E-state index in [1.165, 1.54) is 0 Å². The van der Waals surface area contributed by atoms with Crippen LogP contribution in [0.25, 0.3) is 10.6 Å². The van der Waals surface area contributed by atoms with Gasteiger partial charge in [0, 0.05) is 10.9 Å². The second-order valence-electron chi connectivity index (χ2n) is 4.23. The molecule has 1 atom stereocenters. The van der Waals surface area contributed by atoms with Crippen LogP contribution < -0.4 is 5.32 Å². The lowest BCUT2D eigenvalue weighted by Crippen LogP contribution is -2.34. The van der Waals surface area contributed by atoms with Gasteiger partial charge in [0.25, 0.3) is 0 Å². The van der Waals surface area contributed by atoms with Crippen LogP contribution in [-0.2, 0) is 11.2 Å². The lowest BCUT2D eigenvalue weighted by atomic mass is 10.1. The van der Waals surface area contributed by atoms with Gasteiger partial charge in [-0.1, -0.05) is 30.3 Å². The largest absolute Gasteiger partial charge is 0.480 e. The number of likely N-dealkylation sites (N-methyl/N-ethyl adjacent to an activating group) is 1. The van der Waals surface area contributed by atoms with Crippen molar-refractivity contribution in [1.82, 2.24) is 10.3 Å². The van der Waals surface area contributed by atoms with Crippen LogP contribution >= 0.6 is 11.3 Å². The Kier molecular flexibility index (Phi) is 4.65. The van der Waals surface area contributed by atoms with Crippen molar-refractivity contribution in [2.24, 2.45) is 0 Å². The van der Waals surface area contributed by atoms with Crippen LogP contribution in [0.2, 0.25) is 0 Å². The summed E-state index contributed by atoms with van der Waals surface area (Å²) >= 11 is 1.59. The predicted molar refractivity (Wildman–Crippen MR) is 76.4 cm³/mol. The predicted octanol–water partition coefficient (Wildman–Crippen LogP) is 2.42. The Morgan fingerprint density at radius 1 is 1.42 bits per heavy atom. The van der Waals surface area contributed by atoms with Gasteiger partial charge in [-0.3, -0.25) is 4.79 Å². The van der Waals surface area contributed by atoms with Crippen molar-refractivity contribution in [3.63, 3.8) is 0 Å². The minimum absolute atomic E-state index is 0.512. The van der Waals surface area contributed by atoms with Crippen molar-refractivity contribution in [1.29, 1.82) is 0 Å². The Balaban J connectivity index is 2.00. The highest BCUT2D eigenvalue weighted by atomic mass is 32.1. The number of aliphatic carboxylic acids is 1. The van der Waals surface area contributed by atoms with Crippen LogP contribution in [-0.4, -0.2) is 29.1 Å². The highest BCUT2D eigenvalue weighted by Gasteiger charge is 2.15. The number of hydrogen-bond donors (Lipinski definition) is 2. The molecular weight excluding hydrogens is 260 g/mol. The number of carboxylic acid groups (broad SMARTS) is 1. The summed E-state index contributed by atoms with van der Waals surface area (Å²) in [4.78, 5) is 15.4. The van der Waals surface area contributed by atoms with Gasteiger partial charge in [0.05, 0.1) is 5.69 Å². The third kappa shape index (κ3) is 3.62. The van der Waals surface area contributed by atoms with E-state index in [9.17, 15) is 4.79 Å². The Hall–Kier alpha value is -1.72. The van der Waals surface area contributed by atoms with Crippen molar-refractivity contribution in [2.75, 3.05) is 7.05 Å². The van der Waals surface area contributed by atoms with Gasteiger partial charge in [-0.05, 0) is 19.9 Å². The van der Waals surface area contributed by atoms with E-state index in [-0.39, 0.29) is 0 Å². The molecule has 0 aliphatic rings. The van der Waals surface area contributed by atoms with Crippen molar-refractivity contribution in [3.05, 3.63) is 41.4 Å². The number of aromatic nitrogens is 1. The number of nitrogens with zero attached hydrogens (tertiary/aromatic N) is 1. The molecule has 0 spiro atoms. The summed E-state index contributed by atoms with van der Waals surface area (Å²) in [5.41, 5.74) is 2.05. The average Bonchev–Trinajstić information content (AvgIpc) is 2.89. The number of aryl methyl sites for hydroxylation is 1. The first-order valence-corrected chi connectivity index (χ1v) is 6.98. The number of hydrogen-bond acceptors (Lipinski definition) is 4. The van der Waals surface area contributed by atoms with Gasteiger partial charge in [-0.15, -0.1) is 11.3 Å². The highest BCUT2D eigenvalue weighted by Crippen LogP contribution is 2.23. The first-order valence-electron chi connectivity index (χ1n) is 6.10. The highest BCUT2D eigenvalue weighted by molar-refractivity contribution is 7.13. The quantitative estimate of drug-likeness (QED) is 0.850. The number of benzene rings is 1. The lowest BCUT2D eigenvalue weighted by Gasteiger charge is -2.09. The second-order valence-corrected chi connectivity index (χ2v) is 5.09. The van der Waals surface area contributed by atoms with Crippen LogP contribution in [0.1, 0.15) is 12.1 Å². The van der Waals surface area contributed by atoms with Crippen molar-refractivity contribution < 1.29 is 9.90 Å². The molecule has 1 heterocycles. The SMILES string of the molecule is CN[C@@H](CCc1csc(-c2ccccc2)n1)C(=O)O. The zero-order chi connectivity index (χ0) is 13.7. The summed E-state index contributed by atoms with van der Waals surface area (Å²) in [5.74, 6) is -0.819. The molecule has 0 aliphatic heterocycles. The second kappa shape index (κ2) is 6.45. The average molecular weight is 276 g/mol. The Bertz CT molecular complexity index is 539. The molecule has 4 nitrogen and oxygen atoms in total. The van der Waals surface area contributed by atoms with Gasteiger partial charge in [0.15, 0.2) is 0 Å². The molecule has 2 rings (SSSR count). The molecule has 19 heavy (non-hydrogen) atoms. The van der Waals surface area contributed by atoms with Crippen LogP contribution in [0.4, 0.5) is 0 Å². The van der Waals surface area contributed by atoms with E-state index < -0.39 is 12.0 Å². The van der Waals surface area contributed by atoms with Crippen LogP contribution in [0, 0.1) is 0 Å². The molecule has 0 amide bonds. The normalized spacial score (nSPS) is 12.3. The topological polar surface area (TPSA) is 62.2 Å². The molecular formula is C14H16N2O2S. The minimum Gasteiger partial charge on any atom is -0.480 e. The summed E-state index contributed by atoms with van der Waals surface area (Å²) in [5, 5.41) is 14.7. The molecule has 100 valence electrons. The maximum absolute atomic E-state index is 10.9. The van der Waals surface area contributed by atoms with E-state index in [2.05, 4.69) is 10.3 Å². The molecule has 0 radical (unpaired) electrons. The fourth-order valence-corrected chi connectivity index (χ4v) is 2.68. The number of rotatable bonds is 6. The van der Waals surface area contributed by atoms with Gasteiger partial charge in [0.2, 0.25) is 0 Å². The van der Waals surface area contributed by atoms with E-state index in [1.807, 2.05) is 35.7 Å². The number of thiazole rings is 1. The maximum Gasteiger partial charge on any atom is 0.320 e. The van der Waals surface area contributed by atoms with Crippen LogP contribution in [0.5, 0.6) is 0 Å². The summed E-state index contributed by atoms with van der Waals surface area (Å²) in [7, 11) is 1.66. The molecule has 0 aliphatic carbocycles. The van der Waals surface area contributed by atoms with Gasteiger partial charge in [-0.2, -0.15) is 0 Å². The first kappa shape index (κ1) is 13.7. The van der Waals surface area contributed by atoms with Crippen LogP contribution in [0.3, 0.4) is 0 Å². The Morgan fingerprint density at radius 3 is 2.79 bits per heavy atom. The third-order valence-corrected chi connectivity index (χ3v) is 3.85. The lowest BCUT2D eigenvalue weighted by molar-refractivity contribution is -0.139. The van der Waals surface area contributed by atoms with E-state index in [0.717, 1.165) is 16.3 Å². The summed E-state index contributed by atoms with van der Waals surface area (Å²) in [6.45, 7) is 0. The van der Waals surface area contributed by atoms with Gasteiger partial charge >= 0.3 is 5.97 Å². The molecule has 1 aromatic carbocycles. The molecule has 0 unspecified atom stereocenters. The van der Waals surface area contributed by atoms with E-state index in [0.29, 0.717) is 12.8 Å². The van der Waals surface area contributed by atoms with Crippen LogP contribution in [0.15, 0.2) is 35.7 Å². The number of nitrogens with one attached hydrogen (secondary N) is 1. The van der Waals surface area contributed by atoms with Gasteiger partial charge in [-0.25, -0.2) is 4.98 Å². The third-order valence-electron chi connectivity index (χ3n) is 2.91. The summed E-state index contributed by atoms with van der Waals surface area (Å²) in [6, 6.07) is 9.48. The number of carboxylic acids is 1. The molecule has 0 fully saturated rings. The Morgan fingerprint density at radius 2 is 2.16 bits per heavy atom. The standard InChI is InChI=1S/C14H16N2O2S/c1-15-12(14(17)18)8-7-11-9-19-13(16-11)10-5-3-2-4-6-10/h2-6,9,12,15H,7-8H2,1H3,(H,17,18)/t12-/m0/s1. The van der Waals surface area contributed by atoms with Crippen molar-refractivity contribution >= 4 is 17.3 Å². The number of carbonyl (C=O) groups is 1. The zero-order valence-corrected chi connectivity index (χ0v) is 11.5. The smallest absolute Gasteiger partial charge is 0.320 e. The fourth-order valence-electron chi connectivity index (χ4n) is 1.82. The van der Waals surface area contributed by atoms with Gasteiger partial charge < -0.3 is 10.4 Å². The molecule has 0 saturated carbocycles. The molecule has 2 N–H and O–H groups in total. The summed E-state index contributed by atoms with van der Waals surface area (Å²) in [6.07, 6.45) is 1.21. The minimum atomic E-state index is -0.819. The molecule has 2 aromatic rings. The molecule has 0 bridgehead atoms. The van der Waals surface area contributed by atoms with E-state index >= 15 is 0 Å². The first-order chi connectivity index (χ1) is 9.20. The van der Waals surface area contributed by atoms with E-state index in [4.69, 9.17) is 5.11 Å². The van der Waals surface area contributed by atoms with Crippen molar-refractivity contribution in [2.45, 2.75) is 18.9 Å². The molecule has 0 saturated heterocycles. The Labute approximate surface area is 116 Å². The maximum atomic E-state index is 10.9. The van der Waals surface area contributed by atoms with Crippen molar-refractivity contribution in [3.8, 4) is 10.6 Å². The molecule has 1 aromatic heterocycles. The van der Waals surface area contributed by atoms with E-state index in [1.54, 1.807) is 18.4 Å². The summed E-state index contributed by atoms with van der Waals surface area (Å²) < 4.78 is 0. The fraction of sp³-hybridized carbons (Fsp3) is 0.286. The monoisotopic (exact) mass is 276 g/mol. The van der Waals surface area contributed by atoms with Gasteiger partial charge in [0.1, 0.15) is 11.0 Å². The molecule has 5 heteroatoms.